The maximum absolute atomic E-state index is 12.4. The number of benzene rings is 1. The van der Waals surface area contributed by atoms with E-state index in [1.165, 1.54) is 0 Å². The topological polar surface area (TPSA) is 79.0 Å². The van der Waals surface area contributed by atoms with Crippen LogP contribution in [-0.2, 0) is 9.84 Å². The van der Waals surface area contributed by atoms with Crippen LogP contribution in [0.15, 0.2) is 24.3 Å². The smallest absolute Gasteiger partial charge is 0.321 e. The van der Waals surface area contributed by atoms with Gasteiger partial charge < -0.3 is 15.0 Å². The summed E-state index contributed by atoms with van der Waals surface area (Å²) in [4.78, 5) is 16.3. The molecule has 1 atom stereocenters. The number of piperazine rings is 1. The maximum Gasteiger partial charge on any atom is 0.321 e. The number of carbonyl (C=O) groups excluding carboxylic acids is 1. The van der Waals surface area contributed by atoms with Crippen LogP contribution >= 0.6 is 0 Å². The highest BCUT2D eigenvalue weighted by molar-refractivity contribution is 7.91. The Kier molecular flexibility index (Phi) is 4.96. The molecule has 0 bridgehead atoms. The Morgan fingerprint density at radius 1 is 1.25 bits per heavy atom. The van der Waals surface area contributed by atoms with Gasteiger partial charge in [-0.3, -0.25) is 4.90 Å². The van der Waals surface area contributed by atoms with E-state index in [0.29, 0.717) is 44.0 Å². The van der Waals surface area contributed by atoms with E-state index in [0.717, 1.165) is 0 Å². The second-order valence-corrected chi connectivity index (χ2v) is 8.47. The Morgan fingerprint density at radius 3 is 2.62 bits per heavy atom. The molecule has 1 aromatic rings. The predicted molar refractivity (Wildman–Crippen MR) is 92.2 cm³/mol. The van der Waals surface area contributed by atoms with Gasteiger partial charge in [0, 0.05) is 44.0 Å². The first-order valence-corrected chi connectivity index (χ1v) is 9.93. The van der Waals surface area contributed by atoms with Crippen molar-refractivity contribution in [3.05, 3.63) is 24.3 Å². The largest absolute Gasteiger partial charge is 0.497 e. The summed E-state index contributed by atoms with van der Waals surface area (Å²) in [6.07, 6.45) is 0.707. The van der Waals surface area contributed by atoms with Crippen LogP contribution in [0, 0.1) is 0 Å². The van der Waals surface area contributed by atoms with Crippen LogP contribution in [0.3, 0.4) is 0 Å². The van der Waals surface area contributed by atoms with Crippen molar-refractivity contribution in [3.8, 4) is 5.75 Å². The maximum atomic E-state index is 12.4. The molecule has 2 saturated heterocycles. The van der Waals surface area contributed by atoms with Crippen LogP contribution in [0.4, 0.5) is 10.5 Å². The highest BCUT2D eigenvalue weighted by Gasteiger charge is 2.34. The number of anilines is 1. The molecule has 0 radical (unpaired) electrons. The summed E-state index contributed by atoms with van der Waals surface area (Å²) in [5, 5.41) is 2.88. The molecule has 2 aliphatic rings. The molecule has 0 spiro atoms. The Balaban J connectivity index is 1.52. The molecule has 8 heteroatoms. The summed E-state index contributed by atoms with van der Waals surface area (Å²) >= 11 is 0. The lowest BCUT2D eigenvalue weighted by Crippen LogP contribution is -2.53. The third kappa shape index (κ3) is 3.99. The van der Waals surface area contributed by atoms with Crippen LogP contribution in [0.5, 0.6) is 5.75 Å². The number of hydrogen-bond acceptors (Lipinski definition) is 5. The minimum absolute atomic E-state index is 0.110. The molecule has 0 aliphatic carbocycles. The average Bonchev–Trinajstić information content (AvgIpc) is 2.95. The van der Waals surface area contributed by atoms with Gasteiger partial charge in [0.25, 0.3) is 0 Å². The van der Waals surface area contributed by atoms with Crippen molar-refractivity contribution in [2.24, 2.45) is 0 Å². The Hall–Kier alpha value is -1.80. The van der Waals surface area contributed by atoms with Crippen molar-refractivity contribution in [2.75, 3.05) is 50.1 Å². The molecule has 24 heavy (non-hydrogen) atoms. The zero-order chi connectivity index (χ0) is 17.2. The fourth-order valence-corrected chi connectivity index (χ4v) is 5.02. The standard InChI is InChI=1S/C16H23N3O4S/c1-23-15-4-2-3-13(11-15)17-16(20)19-8-6-18(7-9-19)14-5-10-24(21,22)12-14/h2-4,11,14H,5-10,12H2,1H3,(H,17,20)/t14-/m1/s1. The summed E-state index contributed by atoms with van der Waals surface area (Å²) in [6.45, 7) is 2.64. The summed E-state index contributed by atoms with van der Waals surface area (Å²) < 4.78 is 28.3. The normalized spacial score (nSPS) is 23.9. The fourth-order valence-electron chi connectivity index (χ4n) is 3.26. The summed E-state index contributed by atoms with van der Waals surface area (Å²) in [7, 11) is -1.28. The van der Waals surface area contributed by atoms with Crippen molar-refractivity contribution in [1.82, 2.24) is 9.80 Å². The molecule has 2 amide bonds. The number of rotatable bonds is 3. The van der Waals surface area contributed by atoms with Crippen molar-refractivity contribution < 1.29 is 17.9 Å². The van der Waals surface area contributed by atoms with Crippen LogP contribution in [0.2, 0.25) is 0 Å². The van der Waals surface area contributed by atoms with Gasteiger partial charge in [-0.2, -0.15) is 0 Å². The van der Waals surface area contributed by atoms with Gasteiger partial charge in [-0.25, -0.2) is 13.2 Å². The Bertz CT molecular complexity index is 699. The van der Waals surface area contributed by atoms with Gasteiger partial charge in [0.2, 0.25) is 0 Å². The van der Waals surface area contributed by atoms with E-state index in [1.807, 2.05) is 18.2 Å². The van der Waals surface area contributed by atoms with Gasteiger partial charge in [0.05, 0.1) is 18.6 Å². The minimum atomic E-state index is -2.87. The molecule has 132 valence electrons. The van der Waals surface area contributed by atoms with Crippen molar-refractivity contribution >= 4 is 21.6 Å². The molecule has 1 aromatic carbocycles. The van der Waals surface area contributed by atoms with Gasteiger partial charge in [0.15, 0.2) is 9.84 Å². The number of nitrogens with one attached hydrogen (secondary N) is 1. The number of nitrogens with zero attached hydrogens (tertiary/aromatic N) is 2. The van der Waals surface area contributed by atoms with Gasteiger partial charge in [0.1, 0.15) is 5.75 Å². The third-order valence-electron chi connectivity index (χ3n) is 4.65. The molecule has 2 aliphatic heterocycles. The first-order valence-electron chi connectivity index (χ1n) is 8.11. The van der Waals surface area contributed by atoms with E-state index in [1.54, 1.807) is 18.1 Å². The van der Waals surface area contributed by atoms with Crippen molar-refractivity contribution in [2.45, 2.75) is 12.5 Å². The van der Waals surface area contributed by atoms with Crippen LogP contribution < -0.4 is 10.1 Å². The molecular weight excluding hydrogens is 330 g/mol. The summed E-state index contributed by atoms with van der Waals surface area (Å²) in [5.41, 5.74) is 0.698. The molecule has 2 heterocycles. The first-order chi connectivity index (χ1) is 11.5. The molecular formula is C16H23N3O4S. The number of amides is 2. The number of carbonyl (C=O) groups is 1. The van der Waals surface area contributed by atoms with Crippen LogP contribution in [-0.4, -0.2) is 75.1 Å². The minimum Gasteiger partial charge on any atom is -0.497 e. The molecule has 1 N–H and O–H groups in total. The van der Waals surface area contributed by atoms with E-state index < -0.39 is 9.84 Å². The highest BCUT2D eigenvalue weighted by Crippen LogP contribution is 2.20. The second-order valence-electron chi connectivity index (χ2n) is 6.24. The SMILES string of the molecule is COc1cccc(NC(=O)N2CCN([C@@H]3CCS(=O)(=O)C3)CC2)c1. The number of urea groups is 1. The second kappa shape index (κ2) is 6.98. The number of ether oxygens (including phenoxy) is 1. The predicted octanol–water partition coefficient (Wildman–Crippen LogP) is 1.03. The van der Waals surface area contributed by atoms with E-state index in [2.05, 4.69) is 10.2 Å². The van der Waals surface area contributed by atoms with E-state index in [9.17, 15) is 13.2 Å². The molecule has 2 fully saturated rings. The van der Waals surface area contributed by atoms with Gasteiger partial charge in [-0.1, -0.05) is 6.07 Å². The lowest BCUT2D eigenvalue weighted by Gasteiger charge is -2.37. The third-order valence-corrected chi connectivity index (χ3v) is 6.40. The fraction of sp³-hybridized carbons (Fsp3) is 0.562. The van der Waals surface area contributed by atoms with E-state index in [-0.39, 0.29) is 23.6 Å². The first kappa shape index (κ1) is 17.0. The Labute approximate surface area is 142 Å². The molecule has 0 unspecified atom stereocenters. The molecule has 3 rings (SSSR count). The highest BCUT2D eigenvalue weighted by atomic mass is 32.2. The van der Waals surface area contributed by atoms with Gasteiger partial charge in [-0.05, 0) is 18.6 Å². The van der Waals surface area contributed by atoms with E-state index in [4.69, 9.17) is 4.74 Å². The lowest BCUT2D eigenvalue weighted by molar-refractivity contribution is 0.121. The zero-order valence-electron chi connectivity index (χ0n) is 13.8. The number of methoxy groups -OCH3 is 1. The van der Waals surface area contributed by atoms with Crippen LogP contribution in [0.1, 0.15) is 6.42 Å². The van der Waals surface area contributed by atoms with E-state index >= 15 is 0 Å². The number of hydrogen-bond donors (Lipinski definition) is 1. The van der Waals surface area contributed by atoms with Gasteiger partial charge >= 0.3 is 6.03 Å². The van der Waals surface area contributed by atoms with Crippen molar-refractivity contribution in [3.63, 3.8) is 0 Å². The molecule has 0 aromatic heterocycles. The summed E-state index contributed by atoms with van der Waals surface area (Å²) in [5.74, 6) is 1.23. The average molecular weight is 353 g/mol. The van der Waals surface area contributed by atoms with Gasteiger partial charge in [-0.15, -0.1) is 0 Å². The quantitative estimate of drug-likeness (QED) is 0.878. The molecule has 0 saturated carbocycles. The lowest BCUT2D eigenvalue weighted by atomic mass is 10.2. The summed E-state index contributed by atoms with van der Waals surface area (Å²) in [6, 6.07) is 7.22. The van der Waals surface area contributed by atoms with Crippen molar-refractivity contribution in [1.29, 1.82) is 0 Å². The number of sulfone groups is 1. The Morgan fingerprint density at radius 2 is 2.00 bits per heavy atom. The molecule has 7 nitrogen and oxygen atoms in total. The zero-order valence-corrected chi connectivity index (χ0v) is 14.6. The van der Waals surface area contributed by atoms with Crippen LogP contribution in [0.25, 0.3) is 0 Å². The monoisotopic (exact) mass is 353 g/mol.